The highest BCUT2D eigenvalue weighted by molar-refractivity contribution is 7.13. The van der Waals surface area contributed by atoms with Crippen molar-refractivity contribution < 1.29 is 4.42 Å². The van der Waals surface area contributed by atoms with E-state index < -0.39 is 0 Å². The van der Waals surface area contributed by atoms with Crippen LogP contribution in [0.1, 0.15) is 0 Å². The van der Waals surface area contributed by atoms with Crippen molar-refractivity contribution in [3.8, 4) is 55.8 Å². The van der Waals surface area contributed by atoms with Crippen molar-refractivity contribution in [2.75, 3.05) is 0 Å². The number of aromatic amines is 1. The Balaban J connectivity index is 1.67. The summed E-state index contributed by atoms with van der Waals surface area (Å²) in [6.45, 7) is 0. The Morgan fingerprint density at radius 2 is 1.62 bits per heavy atom. The minimum atomic E-state index is 0.700. The van der Waals surface area contributed by atoms with Crippen molar-refractivity contribution in [1.29, 1.82) is 0 Å². The maximum atomic E-state index is 5.92. The molecule has 0 saturated heterocycles. The number of H-pyrrole nitrogens is 1. The number of benzene rings is 1. The van der Waals surface area contributed by atoms with Crippen LogP contribution in [-0.2, 0) is 0 Å². The van der Waals surface area contributed by atoms with E-state index in [1.807, 2.05) is 60.8 Å². The van der Waals surface area contributed by atoms with Gasteiger partial charge in [-0.25, -0.2) is 9.97 Å². The third kappa shape index (κ3) is 3.75. The molecule has 0 aliphatic rings. The first-order chi connectivity index (χ1) is 18.4. The molecule has 7 rings (SSSR count). The fourth-order valence-corrected chi connectivity index (χ4v) is 5.51. The fourth-order valence-electron chi connectivity index (χ4n) is 4.74. The molecular weight excluding hydrogens is 476 g/mol. The molecule has 37 heavy (non-hydrogen) atoms. The first kappa shape index (κ1) is 21.5. The molecule has 6 heteroatoms. The van der Waals surface area contributed by atoms with Crippen LogP contribution < -0.4 is 0 Å². The third-order valence-electron chi connectivity index (χ3n) is 6.35. The summed E-state index contributed by atoms with van der Waals surface area (Å²) in [6, 6.07) is 30.4. The van der Waals surface area contributed by atoms with Gasteiger partial charge in [0.15, 0.2) is 5.76 Å². The number of nitrogens with one attached hydrogen (secondary N) is 1. The summed E-state index contributed by atoms with van der Waals surface area (Å²) in [5, 5.41) is 3.17. The number of rotatable bonds is 5. The molecule has 0 radical (unpaired) electrons. The number of hydrogen-bond donors (Lipinski definition) is 1. The van der Waals surface area contributed by atoms with Gasteiger partial charge in [0, 0.05) is 45.0 Å². The molecule has 7 aromatic rings. The molecule has 0 bridgehead atoms. The number of nitrogens with zero attached hydrogens (tertiary/aromatic N) is 3. The molecule has 0 saturated carbocycles. The average molecular weight is 497 g/mol. The van der Waals surface area contributed by atoms with E-state index in [2.05, 4.69) is 46.8 Å². The van der Waals surface area contributed by atoms with Crippen LogP contribution in [0.4, 0.5) is 0 Å². The number of hydrogen-bond acceptors (Lipinski definition) is 5. The lowest BCUT2D eigenvalue weighted by Crippen LogP contribution is -2.02. The molecule has 0 spiro atoms. The standard InChI is InChI=1S/C31H20N4OS/c1-2-9-21-20(8-1)14-15-23(34-21)28-27(22-11-5-17-32-22)29(26-13-7-19-37-26)31(25-12-6-18-36-25)35-30(28)24-10-3-4-16-33-24/h1-19,32H. The zero-order valence-electron chi connectivity index (χ0n) is 19.6. The summed E-state index contributed by atoms with van der Waals surface area (Å²) in [7, 11) is 0. The van der Waals surface area contributed by atoms with Crippen molar-refractivity contribution in [2.24, 2.45) is 0 Å². The summed E-state index contributed by atoms with van der Waals surface area (Å²) in [5.74, 6) is 0.700. The first-order valence-corrected chi connectivity index (χ1v) is 12.8. The smallest absolute Gasteiger partial charge is 0.152 e. The Hall–Kier alpha value is -4.81. The number of furan rings is 1. The summed E-state index contributed by atoms with van der Waals surface area (Å²) >= 11 is 1.68. The molecule has 0 amide bonds. The maximum Gasteiger partial charge on any atom is 0.152 e. The van der Waals surface area contributed by atoms with E-state index >= 15 is 0 Å². The quantitative estimate of drug-likeness (QED) is 0.260. The van der Waals surface area contributed by atoms with Gasteiger partial charge in [0.1, 0.15) is 5.69 Å². The van der Waals surface area contributed by atoms with Gasteiger partial charge in [0.05, 0.1) is 28.9 Å². The van der Waals surface area contributed by atoms with Crippen LogP contribution in [0.2, 0.25) is 0 Å². The lowest BCUT2D eigenvalue weighted by molar-refractivity contribution is 0.580. The molecule has 1 aromatic carbocycles. The summed E-state index contributed by atoms with van der Waals surface area (Å²) in [4.78, 5) is 19.6. The minimum absolute atomic E-state index is 0.700. The topological polar surface area (TPSA) is 67.6 Å². The van der Waals surface area contributed by atoms with Crippen LogP contribution in [0.5, 0.6) is 0 Å². The number of para-hydroxylation sites is 1. The van der Waals surface area contributed by atoms with Crippen molar-refractivity contribution in [1.82, 2.24) is 19.9 Å². The lowest BCUT2D eigenvalue weighted by Gasteiger charge is -2.20. The van der Waals surface area contributed by atoms with Gasteiger partial charge in [-0.3, -0.25) is 4.98 Å². The molecule has 0 atom stereocenters. The molecule has 5 nitrogen and oxygen atoms in total. The van der Waals surface area contributed by atoms with Gasteiger partial charge < -0.3 is 9.40 Å². The van der Waals surface area contributed by atoms with Gasteiger partial charge in [-0.1, -0.05) is 36.4 Å². The Labute approximate surface area is 217 Å². The number of aromatic nitrogens is 4. The van der Waals surface area contributed by atoms with Crippen LogP contribution in [0.15, 0.2) is 119 Å². The van der Waals surface area contributed by atoms with Crippen molar-refractivity contribution in [3.63, 3.8) is 0 Å². The van der Waals surface area contributed by atoms with Crippen LogP contribution in [0.25, 0.3) is 66.7 Å². The van der Waals surface area contributed by atoms with Crippen molar-refractivity contribution in [3.05, 3.63) is 115 Å². The second kappa shape index (κ2) is 9.00. The minimum Gasteiger partial charge on any atom is -0.463 e. The largest absolute Gasteiger partial charge is 0.463 e. The number of pyridine rings is 3. The predicted molar refractivity (Wildman–Crippen MR) is 149 cm³/mol. The van der Waals surface area contributed by atoms with Crippen LogP contribution in [-0.4, -0.2) is 19.9 Å². The van der Waals surface area contributed by atoms with Crippen LogP contribution in [0.3, 0.4) is 0 Å². The van der Waals surface area contributed by atoms with E-state index in [9.17, 15) is 0 Å². The van der Waals surface area contributed by atoms with Gasteiger partial charge >= 0.3 is 0 Å². The van der Waals surface area contributed by atoms with Gasteiger partial charge in [0.2, 0.25) is 0 Å². The second-order valence-corrected chi connectivity index (χ2v) is 9.52. The SMILES string of the molecule is c1ccc(-c2nc(-c3ccco3)c(-c3cccs3)c(-c3ccc[nH]3)c2-c2ccc3ccccc3n2)nc1. The highest BCUT2D eigenvalue weighted by atomic mass is 32.1. The monoisotopic (exact) mass is 496 g/mol. The van der Waals surface area contributed by atoms with Crippen LogP contribution >= 0.6 is 11.3 Å². The van der Waals surface area contributed by atoms with E-state index in [4.69, 9.17) is 19.4 Å². The Bertz CT molecular complexity index is 1810. The highest BCUT2D eigenvalue weighted by Crippen LogP contribution is 2.48. The number of thiophene rings is 1. The zero-order chi connectivity index (χ0) is 24.6. The van der Waals surface area contributed by atoms with E-state index in [0.29, 0.717) is 5.76 Å². The molecule has 6 heterocycles. The Kier molecular flexibility index (Phi) is 5.22. The summed E-state index contributed by atoms with van der Waals surface area (Å²) in [5.41, 5.74) is 7.95. The highest BCUT2D eigenvalue weighted by Gasteiger charge is 2.28. The fraction of sp³-hybridized carbons (Fsp3) is 0. The summed E-state index contributed by atoms with van der Waals surface area (Å²) in [6.07, 6.45) is 5.42. The number of fused-ring (bicyclic) bond motifs is 1. The molecule has 0 aliphatic heterocycles. The van der Waals surface area contributed by atoms with E-state index in [1.165, 1.54) is 0 Å². The van der Waals surface area contributed by atoms with Crippen LogP contribution in [0, 0.1) is 0 Å². The van der Waals surface area contributed by atoms with Gasteiger partial charge in [-0.2, -0.15) is 0 Å². The van der Waals surface area contributed by atoms with Gasteiger partial charge in [-0.05, 0) is 60.0 Å². The van der Waals surface area contributed by atoms with Gasteiger partial charge in [0.25, 0.3) is 0 Å². The Morgan fingerprint density at radius 3 is 2.41 bits per heavy atom. The van der Waals surface area contributed by atoms with Gasteiger partial charge in [-0.15, -0.1) is 11.3 Å². The maximum absolute atomic E-state index is 5.92. The zero-order valence-corrected chi connectivity index (χ0v) is 20.4. The molecular formula is C31H20N4OS. The molecule has 176 valence electrons. The van der Waals surface area contributed by atoms with Crippen molar-refractivity contribution in [2.45, 2.75) is 0 Å². The molecule has 6 aromatic heterocycles. The normalized spacial score (nSPS) is 11.2. The Morgan fingerprint density at radius 1 is 0.676 bits per heavy atom. The van der Waals surface area contributed by atoms with Crippen molar-refractivity contribution >= 4 is 22.2 Å². The lowest BCUT2D eigenvalue weighted by atomic mass is 9.90. The average Bonchev–Trinajstić information content (AvgIpc) is 3.76. The van der Waals surface area contributed by atoms with E-state index in [1.54, 1.807) is 23.8 Å². The predicted octanol–water partition coefficient (Wildman–Crippen LogP) is 8.34. The van der Waals surface area contributed by atoms with E-state index in [0.717, 1.165) is 60.9 Å². The molecule has 0 unspecified atom stereocenters. The first-order valence-electron chi connectivity index (χ1n) is 11.9. The molecule has 1 N–H and O–H groups in total. The molecule has 0 fully saturated rings. The van der Waals surface area contributed by atoms with E-state index in [-0.39, 0.29) is 0 Å². The molecule has 0 aliphatic carbocycles. The third-order valence-corrected chi connectivity index (χ3v) is 7.24. The second-order valence-electron chi connectivity index (χ2n) is 8.58. The summed E-state index contributed by atoms with van der Waals surface area (Å²) < 4.78 is 5.92.